The monoisotopic (exact) mass is 517 g/mol. The highest BCUT2D eigenvalue weighted by Crippen LogP contribution is 2.36. The maximum absolute atomic E-state index is 11.8. The number of carbonyl (C=O) groups excluding carboxylic acids is 1. The molecular formula is C18H13ClINO3S2. The second-order valence-corrected chi connectivity index (χ2v) is 8.55. The first-order valence-electron chi connectivity index (χ1n) is 7.46. The maximum Gasteiger partial charge on any atom is 0.263 e. The molecular weight excluding hydrogens is 505 g/mol. The number of thiocarbonyl (C=S) groups is 1. The lowest BCUT2D eigenvalue weighted by Crippen LogP contribution is -2.17. The minimum Gasteiger partial charge on any atom is -0.493 e. The molecule has 26 heavy (non-hydrogen) atoms. The van der Waals surface area contributed by atoms with Crippen molar-refractivity contribution in [1.29, 1.82) is 0 Å². The van der Waals surface area contributed by atoms with Crippen LogP contribution in [-0.4, -0.2) is 17.3 Å². The Morgan fingerprint density at radius 2 is 2.12 bits per heavy atom. The molecule has 4 nitrogen and oxygen atoms in total. The van der Waals surface area contributed by atoms with E-state index >= 15 is 0 Å². The summed E-state index contributed by atoms with van der Waals surface area (Å²) < 4.78 is 12.7. The van der Waals surface area contributed by atoms with E-state index in [1.165, 1.54) is 11.8 Å². The van der Waals surface area contributed by atoms with Crippen LogP contribution < -0.4 is 14.8 Å². The van der Waals surface area contributed by atoms with Crippen LogP contribution >= 0.6 is 58.2 Å². The molecule has 1 aliphatic rings. The molecule has 3 rings (SSSR count). The summed E-state index contributed by atoms with van der Waals surface area (Å²) in [7, 11) is 1.58. The van der Waals surface area contributed by atoms with Gasteiger partial charge in [0.05, 0.1) is 15.6 Å². The van der Waals surface area contributed by atoms with Crippen molar-refractivity contribution in [3.63, 3.8) is 0 Å². The van der Waals surface area contributed by atoms with Gasteiger partial charge in [0.1, 0.15) is 10.9 Å². The van der Waals surface area contributed by atoms with Crippen molar-refractivity contribution in [3.8, 4) is 11.5 Å². The predicted molar refractivity (Wildman–Crippen MR) is 118 cm³/mol. The average molecular weight is 518 g/mol. The number of hydrogen-bond donors (Lipinski definition) is 1. The molecule has 0 atom stereocenters. The van der Waals surface area contributed by atoms with Gasteiger partial charge in [-0.3, -0.25) is 4.79 Å². The van der Waals surface area contributed by atoms with Gasteiger partial charge in [-0.15, -0.1) is 0 Å². The van der Waals surface area contributed by atoms with Gasteiger partial charge in [-0.25, -0.2) is 0 Å². The van der Waals surface area contributed by atoms with Crippen LogP contribution in [0.25, 0.3) is 6.08 Å². The van der Waals surface area contributed by atoms with Gasteiger partial charge >= 0.3 is 0 Å². The third-order valence-corrected chi connectivity index (χ3v) is 5.85. The molecule has 8 heteroatoms. The zero-order chi connectivity index (χ0) is 18.7. The molecule has 1 fully saturated rings. The number of hydrogen-bond acceptors (Lipinski definition) is 5. The Morgan fingerprint density at radius 1 is 1.35 bits per heavy atom. The summed E-state index contributed by atoms with van der Waals surface area (Å²) in [5, 5.41) is 3.26. The van der Waals surface area contributed by atoms with Crippen LogP contribution in [0.3, 0.4) is 0 Å². The van der Waals surface area contributed by atoms with E-state index in [9.17, 15) is 4.79 Å². The first kappa shape index (κ1) is 19.5. The lowest BCUT2D eigenvalue weighted by atomic mass is 10.2. The van der Waals surface area contributed by atoms with E-state index in [2.05, 4.69) is 27.9 Å². The highest BCUT2D eigenvalue weighted by molar-refractivity contribution is 14.1. The number of halogens is 2. The van der Waals surface area contributed by atoms with E-state index in [4.69, 9.17) is 33.3 Å². The van der Waals surface area contributed by atoms with Crippen molar-refractivity contribution >= 4 is 74.5 Å². The quantitative estimate of drug-likeness (QED) is 0.343. The van der Waals surface area contributed by atoms with Gasteiger partial charge in [-0.05, 0) is 52.4 Å². The Labute approximate surface area is 179 Å². The number of thioether (sulfide) groups is 1. The van der Waals surface area contributed by atoms with Crippen molar-refractivity contribution in [2.45, 2.75) is 6.61 Å². The molecule has 1 aliphatic heterocycles. The number of benzene rings is 2. The fourth-order valence-electron chi connectivity index (χ4n) is 2.30. The number of ether oxygens (including phenoxy) is 2. The van der Waals surface area contributed by atoms with Crippen LogP contribution in [-0.2, 0) is 11.4 Å². The van der Waals surface area contributed by atoms with E-state index in [0.717, 1.165) is 14.7 Å². The molecule has 1 N–H and O–H groups in total. The second-order valence-electron chi connectivity index (χ2n) is 5.27. The molecule has 0 radical (unpaired) electrons. The van der Waals surface area contributed by atoms with Crippen LogP contribution in [0.5, 0.6) is 11.5 Å². The van der Waals surface area contributed by atoms with Crippen molar-refractivity contribution in [3.05, 3.63) is 61.0 Å². The van der Waals surface area contributed by atoms with Gasteiger partial charge < -0.3 is 14.8 Å². The standard InChI is InChI=1S/C18H13ClINO3S2/c1-23-14-7-10(8-15-17(22)21-18(25)26-15)6-13(20)16(14)24-9-11-4-2-3-5-12(11)19/h2-8H,9H2,1H3,(H,21,22,25). The molecule has 1 amide bonds. The number of methoxy groups -OCH3 is 1. The van der Waals surface area contributed by atoms with Gasteiger partial charge in [0, 0.05) is 10.6 Å². The zero-order valence-corrected chi connectivity index (χ0v) is 18.1. The summed E-state index contributed by atoms with van der Waals surface area (Å²) in [6, 6.07) is 11.3. The fraction of sp³-hybridized carbons (Fsp3) is 0.111. The average Bonchev–Trinajstić information content (AvgIpc) is 2.92. The summed E-state index contributed by atoms with van der Waals surface area (Å²) >= 11 is 14.6. The SMILES string of the molecule is COc1cc(C=C2SC(=S)NC2=O)cc(I)c1OCc1ccccc1Cl. The summed E-state index contributed by atoms with van der Waals surface area (Å²) in [5.74, 6) is 1.03. The molecule has 134 valence electrons. The Bertz CT molecular complexity index is 917. The molecule has 2 aromatic rings. The zero-order valence-electron chi connectivity index (χ0n) is 13.5. The molecule has 0 aromatic heterocycles. The van der Waals surface area contributed by atoms with Crippen LogP contribution in [0.2, 0.25) is 5.02 Å². The number of rotatable bonds is 5. The van der Waals surface area contributed by atoms with Gasteiger partial charge in [0.15, 0.2) is 11.5 Å². The van der Waals surface area contributed by atoms with Crippen LogP contribution in [0.15, 0.2) is 41.3 Å². The lowest BCUT2D eigenvalue weighted by molar-refractivity contribution is -0.115. The van der Waals surface area contributed by atoms with Crippen LogP contribution in [0.4, 0.5) is 0 Å². The summed E-state index contributed by atoms with van der Waals surface area (Å²) in [6.45, 7) is 0.332. The van der Waals surface area contributed by atoms with Crippen molar-refractivity contribution < 1.29 is 14.3 Å². The van der Waals surface area contributed by atoms with Gasteiger partial charge in [0.25, 0.3) is 5.91 Å². The third-order valence-electron chi connectivity index (χ3n) is 3.52. The number of nitrogens with one attached hydrogen (secondary N) is 1. The summed E-state index contributed by atoms with van der Waals surface area (Å²) in [5.41, 5.74) is 1.73. The van der Waals surface area contributed by atoms with Gasteiger partial charge in [0.2, 0.25) is 0 Å². The Hall–Kier alpha value is -1.29. The first-order chi connectivity index (χ1) is 12.5. The highest BCUT2D eigenvalue weighted by atomic mass is 127. The summed E-state index contributed by atoms with van der Waals surface area (Å²) in [6.07, 6.45) is 1.78. The Kier molecular flexibility index (Phi) is 6.44. The lowest BCUT2D eigenvalue weighted by Gasteiger charge is -2.14. The second kappa shape index (κ2) is 8.60. The normalized spacial score (nSPS) is 15.3. The van der Waals surface area contributed by atoms with E-state index in [1.54, 1.807) is 13.2 Å². The molecule has 1 heterocycles. The molecule has 0 saturated carbocycles. The van der Waals surface area contributed by atoms with Crippen molar-refractivity contribution in [2.24, 2.45) is 0 Å². The number of carbonyl (C=O) groups is 1. The molecule has 0 bridgehead atoms. The fourth-order valence-corrected chi connectivity index (χ4v) is 4.32. The largest absolute Gasteiger partial charge is 0.493 e. The van der Waals surface area contributed by atoms with Crippen LogP contribution in [0.1, 0.15) is 11.1 Å². The first-order valence-corrected chi connectivity index (χ1v) is 10.1. The van der Waals surface area contributed by atoms with Gasteiger partial charge in [-0.2, -0.15) is 0 Å². The smallest absolute Gasteiger partial charge is 0.263 e. The third kappa shape index (κ3) is 4.51. The summed E-state index contributed by atoms with van der Waals surface area (Å²) in [4.78, 5) is 12.4. The van der Waals surface area contributed by atoms with E-state index in [1.807, 2.05) is 36.4 Å². The van der Waals surface area contributed by atoms with Crippen LogP contribution in [0, 0.1) is 3.57 Å². The van der Waals surface area contributed by atoms with E-state index in [-0.39, 0.29) is 5.91 Å². The van der Waals surface area contributed by atoms with Gasteiger partial charge in [-0.1, -0.05) is 53.8 Å². The van der Waals surface area contributed by atoms with Crippen molar-refractivity contribution in [1.82, 2.24) is 5.32 Å². The molecule has 2 aromatic carbocycles. The Morgan fingerprint density at radius 3 is 2.77 bits per heavy atom. The maximum atomic E-state index is 11.8. The minimum absolute atomic E-state index is 0.187. The molecule has 0 aliphatic carbocycles. The number of amides is 1. The molecule has 1 saturated heterocycles. The molecule has 0 spiro atoms. The van der Waals surface area contributed by atoms with E-state index in [0.29, 0.717) is 32.4 Å². The minimum atomic E-state index is -0.187. The highest BCUT2D eigenvalue weighted by Gasteiger charge is 2.22. The topological polar surface area (TPSA) is 47.6 Å². The van der Waals surface area contributed by atoms with E-state index < -0.39 is 0 Å². The Balaban J connectivity index is 1.86. The van der Waals surface area contributed by atoms with Crippen molar-refractivity contribution in [2.75, 3.05) is 7.11 Å². The molecule has 0 unspecified atom stereocenters. The predicted octanol–water partition coefficient (Wildman–Crippen LogP) is 5.02.